The van der Waals surface area contributed by atoms with Crippen LogP contribution in [0, 0.1) is 13.8 Å². The van der Waals surface area contributed by atoms with Crippen LogP contribution < -0.4 is 10.1 Å². The summed E-state index contributed by atoms with van der Waals surface area (Å²) in [5.74, 6) is 0.827. The van der Waals surface area contributed by atoms with Crippen LogP contribution >= 0.6 is 0 Å². The minimum atomic E-state index is -0.533. The average Bonchev–Trinajstić information content (AvgIpc) is 2.93. The first-order valence-electron chi connectivity index (χ1n) is 5.22. The van der Waals surface area contributed by atoms with Crippen molar-refractivity contribution in [3.05, 3.63) is 23.3 Å². The molecule has 3 rings (SSSR count). The molecule has 15 heavy (non-hydrogen) atoms. The first kappa shape index (κ1) is 8.77. The van der Waals surface area contributed by atoms with E-state index in [1.165, 1.54) is 11.1 Å². The second kappa shape index (κ2) is 2.54. The minimum absolute atomic E-state index is 0.0123. The van der Waals surface area contributed by atoms with E-state index >= 15 is 0 Å². The van der Waals surface area contributed by atoms with Crippen molar-refractivity contribution >= 4 is 11.6 Å². The van der Waals surface area contributed by atoms with Crippen molar-refractivity contribution in [1.29, 1.82) is 0 Å². The smallest absolute Gasteiger partial charge is 0.268 e. The topological polar surface area (TPSA) is 38.3 Å². The number of hydrogen-bond acceptors (Lipinski definition) is 2. The lowest BCUT2D eigenvalue weighted by molar-refractivity contribution is -0.125. The van der Waals surface area contributed by atoms with Crippen molar-refractivity contribution in [2.75, 3.05) is 5.32 Å². The van der Waals surface area contributed by atoms with Crippen LogP contribution in [0.3, 0.4) is 0 Å². The van der Waals surface area contributed by atoms with Crippen molar-refractivity contribution in [3.8, 4) is 5.75 Å². The third-order valence-electron chi connectivity index (χ3n) is 3.27. The number of anilines is 1. The Morgan fingerprint density at radius 2 is 1.93 bits per heavy atom. The largest absolute Gasteiger partial charge is 0.475 e. The zero-order valence-electron chi connectivity index (χ0n) is 8.89. The summed E-state index contributed by atoms with van der Waals surface area (Å²) in [6, 6.07) is 3.97. The summed E-state index contributed by atoms with van der Waals surface area (Å²) in [5, 5.41) is 2.92. The van der Waals surface area contributed by atoms with E-state index in [4.69, 9.17) is 4.74 Å². The van der Waals surface area contributed by atoms with Gasteiger partial charge in [-0.05, 0) is 37.1 Å². The molecule has 0 atom stereocenters. The quantitative estimate of drug-likeness (QED) is 0.701. The van der Waals surface area contributed by atoms with Gasteiger partial charge in [0.05, 0.1) is 5.69 Å². The standard InChI is InChI=1S/C12H13NO2/c1-7-5-9-10(6-8(7)2)15-12(3-4-12)11(14)13-9/h5-6H,3-4H2,1-2H3,(H,13,14). The predicted octanol–water partition coefficient (Wildman–Crippen LogP) is 2.17. The van der Waals surface area contributed by atoms with Crippen molar-refractivity contribution in [3.63, 3.8) is 0 Å². The number of amides is 1. The third-order valence-corrected chi connectivity index (χ3v) is 3.27. The van der Waals surface area contributed by atoms with E-state index in [1.807, 2.05) is 19.1 Å². The first-order chi connectivity index (χ1) is 7.11. The van der Waals surface area contributed by atoms with Gasteiger partial charge in [0.25, 0.3) is 5.91 Å². The fraction of sp³-hybridized carbons (Fsp3) is 0.417. The Bertz CT molecular complexity index is 461. The van der Waals surface area contributed by atoms with Gasteiger partial charge in [-0.15, -0.1) is 0 Å². The maximum Gasteiger partial charge on any atom is 0.268 e. The summed E-state index contributed by atoms with van der Waals surface area (Å²) in [6.45, 7) is 4.08. The molecule has 3 heteroatoms. The number of carbonyl (C=O) groups excluding carboxylic acids is 1. The summed E-state index contributed by atoms with van der Waals surface area (Å²) in [4.78, 5) is 11.7. The van der Waals surface area contributed by atoms with E-state index < -0.39 is 5.60 Å². The number of nitrogens with one attached hydrogen (secondary N) is 1. The van der Waals surface area contributed by atoms with Crippen LogP contribution in [0.1, 0.15) is 24.0 Å². The number of fused-ring (bicyclic) bond motifs is 1. The van der Waals surface area contributed by atoms with E-state index in [-0.39, 0.29) is 5.91 Å². The molecule has 1 fully saturated rings. The van der Waals surface area contributed by atoms with E-state index in [1.54, 1.807) is 0 Å². The van der Waals surface area contributed by atoms with Gasteiger partial charge >= 0.3 is 0 Å². The predicted molar refractivity (Wildman–Crippen MR) is 57.1 cm³/mol. The lowest BCUT2D eigenvalue weighted by Gasteiger charge is -2.26. The fourth-order valence-electron chi connectivity index (χ4n) is 1.91. The molecule has 0 radical (unpaired) electrons. The van der Waals surface area contributed by atoms with E-state index in [2.05, 4.69) is 12.2 Å². The van der Waals surface area contributed by atoms with Crippen LogP contribution in [-0.2, 0) is 4.79 Å². The summed E-state index contributed by atoms with van der Waals surface area (Å²) >= 11 is 0. The van der Waals surface area contributed by atoms with Crippen LogP contribution in [0.25, 0.3) is 0 Å². The van der Waals surface area contributed by atoms with Crippen LogP contribution in [0.2, 0.25) is 0 Å². The van der Waals surface area contributed by atoms with Crippen LogP contribution in [0.4, 0.5) is 5.69 Å². The van der Waals surface area contributed by atoms with E-state index in [0.29, 0.717) is 0 Å². The summed E-state index contributed by atoms with van der Waals surface area (Å²) < 4.78 is 5.77. The zero-order valence-corrected chi connectivity index (χ0v) is 8.89. The zero-order chi connectivity index (χ0) is 10.6. The molecular weight excluding hydrogens is 190 g/mol. The Hall–Kier alpha value is -1.51. The number of rotatable bonds is 0. The highest BCUT2D eigenvalue weighted by Crippen LogP contribution is 2.47. The number of hydrogen-bond donors (Lipinski definition) is 1. The second-order valence-electron chi connectivity index (χ2n) is 4.48. The lowest BCUT2D eigenvalue weighted by Crippen LogP contribution is -2.39. The molecule has 1 aliphatic carbocycles. The summed E-state index contributed by atoms with van der Waals surface area (Å²) in [5.41, 5.74) is 2.64. The molecule has 1 saturated carbocycles. The number of benzene rings is 1. The Labute approximate surface area is 88.4 Å². The highest BCUT2D eigenvalue weighted by molar-refractivity contribution is 6.02. The Morgan fingerprint density at radius 1 is 1.27 bits per heavy atom. The second-order valence-corrected chi connectivity index (χ2v) is 4.48. The molecule has 1 heterocycles. The Kier molecular flexibility index (Phi) is 1.48. The summed E-state index contributed by atoms with van der Waals surface area (Å²) in [6.07, 6.45) is 1.68. The van der Waals surface area contributed by atoms with Crippen molar-refractivity contribution in [2.45, 2.75) is 32.3 Å². The van der Waals surface area contributed by atoms with Gasteiger partial charge < -0.3 is 10.1 Å². The molecule has 3 nitrogen and oxygen atoms in total. The Balaban J connectivity index is 2.09. The van der Waals surface area contributed by atoms with Gasteiger partial charge in [0.2, 0.25) is 0 Å². The molecule has 0 unspecified atom stereocenters. The Morgan fingerprint density at radius 3 is 2.60 bits per heavy atom. The van der Waals surface area contributed by atoms with Gasteiger partial charge in [-0.25, -0.2) is 0 Å². The first-order valence-corrected chi connectivity index (χ1v) is 5.22. The molecule has 0 aromatic heterocycles. The molecule has 1 amide bonds. The molecule has 1 spiro atoms. The van der Waals surface area contributed by atoms with Crippen LogP contribution in [0.5, 0.6) is 5.75 Å². The number of aryl methyl sites for hydroxylation is 2. The molecular formula is C12H13NO2. The molecule has 2 aliphatic rings. The molecule has 1 aromatic rings. The SMILES string of the molecule is Cc1cc2c(cc1C)OC1(CC1)C(=O)N2. The monoisotopic (exact) mass is 203 g/mol. The van der Waals surface area contributed by atoms with Gasteiger partial charge in [0, 0.05) is 12.8 Å². The molecule has 1 N–H and O–H groups in total. The molecule has 1 aromatic carbocycles. The van der Waals surface area contributed by atoms with E-state index in [0.717, 1.165) is 24.3 Å². The minimum Gasteiger partial charge on any atom is -0.475 e. The van der Waals surface area contributed by atoms with Gasteiger partial charge in [-0.3, -0.25) is 4.79 Å². The molecule has 0 bridgehead atoms. The number of ether oxygens (including phenoxy) is 1. The third kappa shape index (κ3) is 1.16. The van der Waals surface area contributed by atoms with Crippen molar-refractivity contribution in [1.82, 2.24) is 0 Å². The lowest BCUT2D eigenvalue weighted by atomic mass is 10.1. The van der Waals surface area contributed by atoms with E-state index in [9.17, 15) is 4.79 Å². The average molecular weight is 203 g/mol. The summed E-state index contributed by atoms with van der Waals surface area (Å²) in [7, 11) is 0. The fourth-order valence-corrected chi connectivity index (χ4v) is 1.91. The number of carbonyl (C=O) groups is 1. The van der Waals surface area contributed by atoms with Crippen molar-refractivity contribution in [2.24, 2.45) is 0 Å². The van der Waals surface area contributed by atoms with Gasteiger partial charge in [-0.1, -0.05) is 0 Å². The highest BCUT2D eigenvalue weighted by atomic mass is 16.5. The van der Waals surface area contributed by atoms with Gasteiger partial charge in [0.1, 0.15) is 5.75 Å². The van der Waals surface area contributed by atoms with Crippen LogP contribution in [0.15, 0.2) is 12.1 Å². The van der Waals surface area contributed by atoms with Gasteiger partial charge in [-0.2, -0.15) is 0 Å². The van der Waals surface area contributed by atoms with Crippen LogP contribution in [-0.4, -0.2) is 11.5 Å². The van der Waals surface area contributed by atoms with Crippen molar-refractivity contribution < 1.29 is 9.53 Å². The molecule has 78 valence electrons. The molecule has 1 aliphatic heterocycles. The highest BCUT2D eigenvalue weighted by Gasteiger charge is 2.55. The normalized spacial score (nSPS) is 20.5. The van der Waals surface area contributed by atoms with Gasteiger partial charge in [0.15, 0.2) is 5.60 Å². The molecule has 0 saturated heterocycles. The maximum atomic E-state index is 11.7. The maximum absolute atomic E-state index is 11.7.